The Morgan fingerprint density at radius 3 is 2.93 bits per heavy atom. The van der Waals surface area contributed by atoms with Crippen molar-refractivity contribution in [3.63, 3.8) is 0 Å². The van der Waals surface area contributed by atoms with Crippen molar-refractivity contribution in [1.29, 1.82) is 0 Å². The Morgan fingerprint density at radius 2 is 2.14 bits per heavy atom. The summed E-state index contributed by atoms with van der Waals surface area (Å²) in [7, 11) is 1.58. The van der Waals surface area contributed by atoms with Crippen LogP contribution >= 0.6 is 0 Å². The van der Waals surface area contributed by atoms with Gasteiger partial charge in [0.05, 0.1) is 12.6 Å². The van der Waals surface area contributed by atoms with Crippen LogP contribution in [-0.2, 0) is 22.5 Å². The normalized spacial score (nSPS) is 20.3. The molecule has 2 atom stereocenters. The molecule has 0 saturated heterocycles. The van der Waals surface area contributed by atoms with Crippen molar-refractivity contribution in [1.82, 2.24) is 19.8 Å². The van der Waals surface area contributed by atoms with Gasteiger partial charge in [0.15, 0.2) is 6.10 Å². The number of carbonyl (C=O) groups is 2. The molecule has 0 radical (unpaired) electrons. The van der Waals surface area contributed by atoms with Gasteiger partial charge in [0.1, 0.15) is 17.3 Å². The number of nitrogens with one attached hydrogen (secondary N) is 1. The molecule has 0 spiro atoms. The summed E-state index contributed by atoms with van der Waals surface area (Å²) in [5, 5.41) is 2.77. The molecule has 2 amide bonds. The molecule has 3 heterocycles. The van der Waals surface area contributed by atoms with Gasteiger partial charge < -0.3 is 24.3 Å². The zero-order chi connectivity index (χ0) is 19.7. The molecule has 4 rings (SSSR count). The van der Waals surface area contributed by atoms with Gasteiger partial charge >= 0.3 is 0 Å². The van der Waals surface area contributed by atoms with Gasteiger partial charge in [-0.25, -0.2) is 4.98 Å². The Bertz CT molecular complexity index is 869. The molecule has 0 saturated carbocycles. The minimum Gasteiger partial charge on any atom is -0.480 e. The molecule has 0 bridgehead atoms. The number of benzene rings is 1. The average molecular weight is 384 g/mol. The second kappa shape index (κ2) is 7.63. The molecule has 0 fully saturated rings. The smallest absolute Gasteiger partial charge is 0.271 e. The number of amides is 2. The molecular weight excluding hydrogens is 360 g/mol. The summed E-state index contributed by atoms with van der Waals surface area (Å²) in [6.45, 7) is 3.97. The van der Waals surface area contributed by atoms with Crippen LogP contribution in [0.5, 0.6) is 5.75 Å². The van der Waals surface area contributed by atoms with Crippen LogP contribution in [0.3, 0.4) is 0 Å². The zero-order valence-corrected chi connectivity index (χ0v) is 16.1. The average Bonchev–Trinajstić information content (AvgIpc) is 3.32. The van der Waals surface area contributed by atoms with Gasteiger partial charge in [-0.05, 0) is 18.6 Å². The number of fused-ring (bicyclic) bond motifs is 2. The number of nitrogens with zero attached hydrogens (tertiary/aromatic N) is 3. The highest BCUT2D eigenvalue weighted by atomic mass is 16.5. The molecule has 1 aromatic heterocycles. The van der Waals surface area contributed by atoms with Crippen LogP contribution in [0, 0.1) is 0 Å². The van der Waals surface area contributed by atoms with Gasteiger partial charge in [0, 0.05) is 39.4 Å². The van der Waals surface area contributed by atoms with E-state index in [9.17, 15) is 9.59 Å². The third kappa shape index (κ3) is 3.35. The maximum Gasteiger partial charge on any atom is 0.271 e. The fraction of sp³-hybridized carbons (Fsp3) is 0.450. The highest BCUT2D eigenvalue weighted by Crippen LogP contribution is 2.32. The minimum atomic E-state index is -0.502. The van der Waals surface area contributed by atoms with Crippen molar-refractivity contribution < 1.29 is 19.1 Å². The molecule has 28 heavy (non-hydrogen) atoms. The highest BCUT2D eigenvalue weighted by molar-refractivity contribution is 5.92. The first-order valence-corrected chi connectivity index (χ1v) is 9.47. The van der Waals surface area contributed by atoms with Gasteiger partial charge in [0.25, 0.3) is 11.8 Å². The van der Waals surface area contributed by atoms with Crippen molar-refractivity contribution in [2.24, 2.45) is 0 Å². The van der Waals surface area contributed by atoms with Crippen LogP contribution < -0.4 is 10.1 Å². The first-order chi connectivity index (χ1) is 13.6. The maximum atomic E-state index is 13.1. The lowest BCUT2D eigenvalue weighted by Gasteiger charge is -2.35. The van der Waals surface area contributed by atoms with Crippen LogP contribution in [0.25, 0.3) is 0 Å². The number of hydrogen-bond acceptors (Lipinski definition) is 5. The number of carbonyl (C=O) groups excluding carboxylic acids is 2. The van der Waals surface area contributed by atoms with Crippen molar-refractivity contribution in [2.75, 3.05) is 26.8 Å². The van der Waals surface area contributed by atoms with E-state index in [-0.39, 0.29) is 17.9 Å². The Kier molecular flexibility index (Phi) is 5.04. The Hall–Kier alpha value is -2.87. The number of methoxy groups -OCH3 is 1. The van der Waals surface area contributed by atoms with E-state index in [0.29, 0.717) is 44.2 Å². The van der Waals surface area contributed by atoms with Gasteiger partial charge in [-0.1, -0.05) is 18.2 Å². The second-order valence-electron chi connectivity index (χ2n) is 7.05. The van der Waals surface area contributed by atoms with Crippen LogP contribution in [0.4, 0.5) is 0 Å². The molecule has 1 aromatic carbocycles. The molecular formula is C20H24N4O4. The molecule has 8 nitrogen and oxygen atoms in total. The lowest BCUT2D eigenvalue weighted by atomic mass is 10.1. The Morgan fingerprint density at radius 1 is 1.32 bits per heavy atom. The predicted molar refractivity (Wildman–Crippen MR) is 101 cm³/mol. The van der Waals surface area contributed by atoms with Gasteiger partial charge in [-0.2, -0.15) is 0 Å². The fourth-order valence-corrected chi connectivity index (χ4v) is 3.76. The zero-order valence-electron chi connectivity index (χ0n) is 16.1. The van der Waals surface area contributed by atoms with Crippen LogP contribution in [0.15, 0.2) is 30.5 Å². The molecule has 148 valence electrons. The Balaban J connectivity index is 1.45. The van der Waals surface area contributed by atoms with Crippen LogP contribution in [0.1, 0.15) is 34.8 Å². The van der Waals surface area contributed by atoms with E-state index in [1.165, 1.54) is 0 Å². The van der Waals surface area contributed by atoms with Crippen molar-refractivity contribution in [2.45, 2.75) is 32.0 Å². The fourth-order valence-electron chi connectivity index (χ4n) is 3.76. The van der Waals surface area contributed by atoms with E-state index in [2.05, 4.69) is 10.3 Å². The lowest BCUT2D eigenvalue weighted by molar-refractivity contribution is -0.141. The first kappa shape index (κ1) is 18.5. The largest absolute Gasteiger partial charge is 0.480 e. The monoisotopic (exact) mass is 384 g/mol. The number of para-hydroxylation sites is 1. The number of aromatic nitrogens is 2. The quantitative estimate of drug-likeness (QED) is 0.782. The number of imidazole rings is 1. The van der Waals surface area contributed by atoms with Crippen LogP contribution in [-0.4, -0.2) is 59.2 Å². The minimum absolute atomic E-state index is 0.0379. The SMILES string of the molecule is COCCNC(=O)c1cn2c(n1)[C@H](C)N(C(=O)[C@H]1Cc3ccccc3O1)CC2. The summed E-state index contributed by atoms with van der Waals surface area (Å²) in [5.74, 6) is 1.22. The van der Waals surface area contributed by atoms with E-state index < -0.39 is 6.10 Å². The van der Waals surface area contributed by atoms with E-state index in [1.54, 1.807) is 18.2 Å². The standard InChI is InChI=1S/C20H24N4O4/c1-13-18-22-15(19(25)21-7-10-27-2)12-23(18)8-9-24(13)20(26)17-11-14-5-3-4-6-16(14)28-17/h3-6,12-13,17H,7-11H2,1-2H3,(H,21,25)/t13-,17+/m0/s1. The summed E-state index contributed by atoms with van der Waals surface area (Å²) in [6.07, 6.45) is 1.83. The molecule has 1 N–H and O–H groups in total. The molecule has 2 aliphatic heterocycles. The Labute approximate surface area is 163 Å². The number of ether oxygens (including phenoxy) is 2. The van der Waals surface area contributed by atoms with E-state index in [4.69, 9.17) is 9.47 Å². The maximum absolute atomic E-state index is 13.1. The lowest BCUT2D eigenvalue weighted by Crippen LogP contribution is -2.47. The molecule has 8 heteroatoms. The molecule has 2 aliphatic rings. The van der Waals surface area contributed by atoms with Crippen molar-refractivity contribution in [3.05, 3.63) is 47.5 Å². The highest BCUT2D eigenvalue weighted by Gasteiger charge is 2.37. The summed E-state index contributed by atoms with van der Waals surface area (Å²) in [6, 6.07) is 7.52. The summed E-state index contributed by atoms with van der Waals surface area (Å²) < 4.78 is 12.8. The van der Waals surface area contributed by atoms with E-state index in [0.717, 1.165) is 11.3 Å². The molecule has 0 unspecified atom stereocenters. The van der Waals surface area contributed by atoms with Crippen molar-refractivity contribution in [3.8, 4) is 5.75 Å². The molecule has 0 aliphatic carbocycles. The van der Waals surface area contributed by atoms with E-state index >= 15 is 0 Å². The predicted octanol–water partition coefficient (Wildman–Crippen LogP) is 1.17. The summed E-state index contributed by atoms with van der Waals surface area (Å²) >= 11 is 0. The van der Waals surface area contributed by atoms with Crippen LogP contribution in [0.2, 0.25) is 0 Å². The third-order valence-electron chi connectivity index (χ3n) is 5.26. The topological polar surface area (TPSA) is 85.7 Å². The summed E-state index contributed by atoms with van der Waals surface area (Å²) in [5.41, 5.74) is 1.42. The number of rotatable bonds is 5. The first-order valence-electron chi connectivity index (χ1n) is 9.47. The summed E-state index contributed by atoms with van der Waals surface area (Å²) in [4.78, 5) is 31.6. The second-order valence-corrected chi connectivity index (χ2v) is 7.05. The van der Waals surface area contributed by atoms with Gasteiger partial charge in [0.2, 0.25) is 0 Å². The van der Waals surface area contributed by atoms with Crippen molar-refractivity contribution >= 4 is 11.8 Å². The number of hydrogen-bond donors (Lipinski definition) is 1. The van der Waals surface area contributed by atoms with E-state index in [1.807, 2.05) is 35.8 Å². The third-order valence-corrected chi connectivity index (χ3v) is 5.26. The van der Waals surface area contributed by atoms with Gasteiger partial charge in [-0.15, -0.1) is 0 Å². The van der Waals surface area contributed by atoms with Gasteiger partial charge in [-0.3, -0.25) is 9.59 Å². The molecule has 2 aromatic rings.